The van der Waals surface area contributed by atoms with Gasteiger partial charge in [0, 0.05) is 12.1 Å². The summed E-state index contributed by atoms with van der Waals surface area (Å²) in [5, 5.41) is 3.31. The van der Waals surface area contributed by atoms with Gasteiger partial charge in [0.05, 0.1) is 11.5 Å². The molecule has 2 atom stereocenters. The van der Waals surface area contributed by atoms with Crippen molar-refractivity contribution >= 4 is 9.84 Å². The normalized spacial score (nSPS) is 24.7. The van der Waals surface area contributed by atoms with Gasteiger partial charge in [-0.1, -0.05) is 12.1 Å². The summed E-state index contributed by atoms with van der Waals surface area (Å²) in [6.45, 7) is 1.97. The maximum atomic E-state index is 12.8. The van der Waals surface area contributed by atoms with Crippen LogP contribution in [0.1, 0.15) is 31.4 Å². The van der Waals surface area contributed by atoms with E-state index in [0.29, 0.717) is 5.75 Å². The molecule has 0 bridgehead atoms. The third kappa shape index (κ3) is 3.53. The van der Waals surface area contributed by atoms with Gasteiger partial charge in [-0.05, 0) is 37.5 Å². The molecule has 1 aliphatic heterocycles. The van der Waals surface area contributed by atoms with Crippen molar-refractivity contribution in [1.29, 1.82) is 0 Å². The lowest BCUT2D eigenvalue weighted by molar-refractivity contribution is 0.437. The predicted molar refractivity (Wildman–Crippen MR) is 69.6 cm³/mol. The van der Waals surface area contributed by atoms with Crippen LogP contribution < -0.4 is 5.32 Å². The van der Waals surface area contributed by atoms with Crippen molar-refractivity contribution in [3.63, 3.8) is 0 Å². The van der Waals surface area contributed by atoms with Gasteiger partial charge in [-0.2, -0.15) is 0 Å². The zero-order chi connectivity index (χ0) is 13.2. The fraction of sp³-hybridized carbons (Fsp3) is 0.538. The minimum absolute atomic E-state index is 0.00352. The molecular formula is C13H18FNO2S. The first kappa shape index (κ1) is 13.5. The summed E-state index contributed by atoms with van der Waals surface area (Å²) in [5.41, 5.74) is 0.972. The first-order valence-corrected chi connectivity index (χ1v) is 8.00. The molecule has 0 radical (unpaired) electrons. The number of benzene rings is 1. The monoisotopic (exact) mass is 271 g/mol. The summed E-state index contributed by atoms with van der Waals surface area (Å²) in [5.74, 6) is 0.250. The Kier molecular flexibility index (Phi) is 4.02. The van der Waals surface area contributed by atoms with Crippen LogP contribution in [-0.4, -0.2) is 26.0 Å². The number of hydrogen-bond donors (Lipinski definition) is 1. The molecule has 0 aromatic heterocycles. The van der Waals surface area contributed by atoms with Gasteiger partial charge in [-0.25, -0.2) is 12.8 Å². The van der Waals surface area contributed by atoms with Crippen LogP contribution >= 0.6 is 0 Å². The summed E-state index contributed by atoms with van der Waals surface area (Å²) >= 11 is 0. The molecule has 1 unspecified atom stereocenters. The van der Waals surface area contributed by atoms with E-state index in [1.807, 2.05) is 6.92 Å². The highest BCUT2D eigenvalue weighted by atomic mass is 32.2. The summed E-state index contributed by atoms with van der Waals surface area (Å²) in [6.07, 6.45) is 1.60. The fourth-order valence-electron chi connectivity index (χ4n) is 2.36. The molecular weight excluding hydrogens is 253 g/mol. The molecule has 2 rings (SSSR count). The molecule has 5 heteroatoms. The Morgan fingerprint density at radius 1 is 1.33 bits per heavy atom. The lowest BCUT2D eigenvalue weighted by Crippen LogP contribution is -2.41. The first-order chi connectivity index (χ1) is 8.46. The maximum Gasteiger partial charge on any atom is 0.151 e. The minimum Gasteiger partial charge on any atom is -0.306 e. The van der Waals surface area contributed by atoms with E-state index in [9.17, 15) is 12.8 Å². The number of nitrogens with one attached hydrogen (secondary N) is 1. The highest BCUT2D eigenvalue weighted by molar-refractivity contribution is 7.91. The quantitative estimate of drug-likeness (QED) is 0.915. The highest BCUT2D eigenvalue weighted by Crippen LogP contribution is 2.18. The molecule has 3 nitrogen and oxygen atoms in total. The van der Waals surface area contributed by atoms with Crippen LogP contribution in [0.3, 0.4) is 0 Å². The van der Waals surface area contributed by atoms with E-state index in [0.717, 1.165) is 18.4 Å². The molecule has 1 heterocycles. The Balaban J connectivity index is 1.99. The summed E-state index contributed by atoms with van der Waals surface area (Å²) < 4.78 is 35.9. The molecule has 1 saturated heterocycles. The second-order valence-corrected chi connectivity index (χ2v) is 7.12. The number of halogens is 1. The molecule has 0 aliphatic carbocycles. The van der Waals surface area contributed by atoms with Gasteiger partial charge in [0.25, 0.3) is 0 Å². The second kappa shape index (κ2) is 5.36. The molecule has 0 amide bonds. The van der Waals surface area contributed by atoms with Crippen molar-refractivity contribution in [2.75, 3.05) is 11.5 Å². The van der Waals surface area contributed by atoms with Crippen molar-refractivity contribution in [3.8, 4) is 0 Å². The third-order valence-corrected chi connectivity index (χ3v) is 5.14. The lowest BCUT2D eigenvalue weighted by Gasteiger charge is -2.26. The summed E-state index contributed by atoms with van der Waals surface area (Å²) in [7, 11) is -2.89. The second-order valence-electron chi connectivity index (χ2n) is 4.89. The molecule has 1 aromatic carbocycles. The zero-order valence-corrected chi connectivity index (χ0v) is 11.2. The van der Waals surface area contributed by atoms with Crippen LogP contribution in [0.15, 0.2) is 24.3 Å². The van der Waals surface area contributed by atoms with Gasteiger partial charge < -0.3 is 5.32 Å². The van der Waals surface area contributed by atoms with Crippen LogP contribution in [0.4, 0.5) is 4.39 Å². The van der Waals surface area contributed by atoms with Crippen LogP contribution in [0.2, 0.25) is 0 Å². The molecule has 1 aromatic rings. The number of hydrogen-bond acceptors (Lipinski definition) is 3. The Labute approximate surface area is 107 Å². The van der Waals surface area contributed by atoms with Gasteiger partial charge >= 0.3 is 0 Å². The number of sulfone groups is 1. The zero-order valence-electron chi connectivity index (χ0n) is 10.4. The summed E-state index contributed by atoms with van der Waals surface area (Å²) in [4.78, 5) is 0. The van der Waals surface area contributed by atoms with Crippen LogP contribution in [0, 0.1) is 5.82 Å². The van der Waals surface area contributed by atoms with E-state index < -0.39 is 9.84 Å². The molecule has 18 heavy (non-hydrogen) atoms. The van der Waals surface area contributed by atoms with E-state index in [1.165, 1.54) is 12.1 Å². The van der Waals surface area contributed by atoms with Crippen molar-refractivity contribution < 1.29 is 12.8 Å². The van der Waals surface area contributed by atoms with Gasteiger partial charge in [-0.3, -0.25) is 0 Å². The Morgan fingerprint density at radius 2 is 2.00 bits per heavy atom. The standard InChI is InChI=1S/C13H18FNO2S/c1-10(11-4-6-12(14)7-5-11)15-13-3-2-8-18(16,17)9-13/h4-7,10,13,15H,2-3,8-9H2,1H3/t10-,13?/m1/s1. The largest absolute Gasteiger partial charge is 0.306 e. The molecule has 1 aliphatic rings. The third-order valence-electron chi connectivity index (χ3n) is 3.32. The van der Waals surface area contributed by atoms with Crippen molar-refractivity contribution in [2.24, 2.45) is 0 Å². The van der Waals surface area contributed by atoms with E-state index >= 15 is 0 Å². The van der Waals surface area contributed by atoms with Crippen molar-refractivity contribution in [1.82, 2.24) is 5.32 Å². The number of rotatable bonds is 3. The fourth-order valence-corrected chi connectivity index (χ4v) is 4.00. The van der Waals surface area contributed by atoms with E-state index in [1.54, 1.807) is 12.1 Å². The average molecular weight is 271 g/mol. The predicted octanol–water partition coefficient (Wildman–Crippen LogP) is 2.05. The Bertz CT molecular complexity index is 498. The smallest absolute Gasteiger partial charge is 0.151 e. The van der Waals surface area contributed by atoms with E-state index in [2.05, 4.69) is 5.32 Å². The maximum absolute atomic E-state index is 12.8. The first-order valence-electron chi connectivity index (χ1n) is 6.18. The average Bonchev–Trinajstić information content (AvgIpc) is 2.28. The van der Waals surface area contributed by atoms with E-state index in [4.69, 9.17) is 0 Å². The van der Waals surface area contributed by atoms with Crippen LogP contribution in [0.5, 0.6) is 0 Å². The van der Waals surface area contributed by atoms with Crippen molar-refractivity contribution in [3.05, 3.63) is 35.6 Å². The topological polar surface area (TPSA) is 46.2 Å². The van der Waals surface area contributed by atoms with Gasteiger partial charge in [-0.15, -0.1) is 0 Å². The van der Waals surface area contributed by atoms with Crippen molar-refractivity contribution in [2.45, 2.75) is 31.8 Å². The molecule has 0 spiro atoms. The Morgan fingerprint density at radius 3 is 2.61 bits per heavy atom. The molecule has 1 fully saturated rings. The lowest BCUT2D eigenvalue weighted by atomic mass is 10.1. The Hall–Kier alpha value is -0.940. The molecule has 0 saturated carbocycles. The molecule has 1 N–H and O–H groups in total. The van der Waals surface area contributed by atoms with Crippen LogP contribution in [-0.2, 0) is 9.84 Å². The minimum atomic E-state index is -2.89. The summed E-state index contributed by atoms with van der Waals surface area (Å²) in [6, 6.07) is 6.33. The SMILES string of the molecule is C[C@@H](NC1CCCS(=O)(=O)C1)c1ccc(F)cc1. The van der Waals surface area contributed by atoms with E-state index in [-0.39, 0.29) is 23.7 Å². The molecule has 100 valence electrons. The van der Waals surface area contributed by atoms with Gasteiger partial charge in [0.15, 0.2) is 9.84 Å². The van der Waals surface area contributed by atoms with Gasteiger partial charge in [0.2, 0.25) is 0 Å². The van der Waals surface area contributed by atoms with Crippen LogP contribution in [0.25, 0.3) is 0 Å². The van der Waals surface area contributed by atoms with Gasteiger partial charge in [0.1, 0.15) is 5.82 Å². The highest BCUT2D eigenvalue weighted by Gasteiger charge is 2.25.